The molecule has 10 heteroatoms. The Labute approximate surface area is 222 Å². The van der Waals surface area contributed by atoms with Crippen LogP contribution in [0.25, 0.3) is 0 Å². The van der Waals surface area contributed by atoms with Crippen molar-refractivity contribution in [3.63, 3.8) is 0 Å². The summed E-state index contributed by atoms with van der Waals surface area (Å²) in [5.41, 5.74) is 4.83. The number of aliphatic imine (C=N–C) groups is 1. The molecule has 4 rings (SSSR count). The van der Waals surface area contributed by atoms with E-state index in [4.69, 9.17) is 9.73 Å². The minimum absolute atomic E-state index is 0.217. The average Bonchev–Trinajstić information content (AvgIpc) is 3.22. The van der Waals surface area contributed by atoms with Gasteiger partial charge in [-0.2, -0.15) is 0 Å². The lowest BCUT2D eigenvalue weighted by Gasteiger charge is -2.17. The fourth-order valence-corrected chi connectivity index (χ4v) is 4.77. The molecule has 38 heavy (non-hydrogen) atoms. The maximum absolute atomic E-state index is 13.2. The summed E-state index contributed by atoms with van der Waals surface area (Å²) in [6, 6.07) is 22.3. The Hall–Kier alpha value is -3.86. The van der Waals surface area contributed by atoms with Gasteiger partial charge in [0.25, 0.3) is 0 Å². The quantitative estimate of drug-likeness (QED) is 0.305. The lowest BCUT2D eigenvalue weighted by Crippen LogP contribution is -2.32. The third-order valence-corrected chi connectivity index (χ3v) is 6.87. The number of nitrogens with zero attached hydrogens (tertiary/aromatic N) is 2. The van der Waals surface area contributed by atoms with Crippen molar-refractivity contribution in [2.45, 2.75) is 12.5 Å². The van der Waals surface area contributed by atoms with Gasteiger partial charge < -0.3 is 15.0 Å². The highest BCUT2D eigenvalue weighted by atomic mass is 32.2. The molecule has 9 nitrogen and oxygen atoms in total. The molecule has 3 aromatic carbocycles. The predicted octanol–water partition coefficient (Wildman–Crippen LogP) is 3.31. The van der Waals surface area contributed by atoms with Crippen molar-refractivity contribution in [2.75, 3.05) is 38.8 Å². The summed E-state index contributed by atoms with van der Waals surface area (Å²) in [5.74, 6) is -1.34. The maximum atomic E-state index is 13.2. The van der Waals surface area contributed by atoms with Gasteiger partial charge in [0.1, 0.15) is 5.92 Å². The zero-order valence-corrected chi connectivity index (χ0v) is 22.3. The van der Waals surface area contributed by atoms with E-state index in [2.05, 4.69) is 10.0 Å². The summed E-state index contributed by atoms with van der Waals surface area (Å²) in [4.78, 5) is 32.1. The maximum Gasteiger partial charge on any atom is 0.337 e. The molecule has 198 valence electrons. The lowest BCUT2D eigenvalue weighted by atomic mass is 9.90. The fraction of sp³-hybridized carbons (Fsp3) is 0.250. The summed E-state index contributed by atoms with van der Waals surface area (Å²) in [6.45, 7) is 1.55. The number of carbonyl (C=O) groups is 2. The number of fused-ring (bicyclic) bond motifs is 1. The number of esters is 1. The Morgan fingerprint density at radius 1 is 1.05 bits per heavy atom. The zero-order chi connectivity index (χ0) is 27.3. The topological polar surface area (TPSA) is 117 Å². The number of amides is 1. The summed E-state index contributed by atoms with van der Waals surface area (Å²) >= 11 is 0. The van der Waals surface area contributed by atoms with E-state index >= 15 is 0 Å². The molecular weight excluding hydrogens is 504 g/mol. The molecule has 0 saturated heterocycles. The first-order valence-corrected chi connectivity index (χ1v) is 13.9. The van der Waals surface area contributed by atoms with E-state index in [-0.39, 0.29) is 5.91 Å². The van der Waals surface area contributed by atoms with Crippen LogP contribution in [0.1, 0.15) is 33.0 Å². The second-order valence-corrected chi connectivity index (χ2v) is 11.0. The molecule has 0 aliphatic carbocycles. The molecule has 1 aliphatic heterocycles. The predicted molar refractivity (Wildman–Crippen MR) is 147 cm³/mol. The van der Waals surface area contributed by atoms with E-state index in [0.717, 1.165) is 22.9 Å². The summed E-state index contributed by atoms with van der Waals surface area (Å²) < 4.78 is 29.8. The van der Waals surface area contributed by atoms with Crippen LogP contribution in [0.5, 0.6) is 0 Å². The Kier molecular flexibility index (Phi) is 8.35. The van der Waals surface area contributed by atoms with E-state index in [1.165, 1.54) is 7.11 Å². The lowest BCUT2D eigenvalue weighted by molar-refractivity contribution is -0.115. The third-order valence-electron chi connectivity index (χ3n) is 6.14. The summed E-state index contributed by atoms with van der Waals surface area (Å²) in [6.07, 6.45) is 1.14. The zero-order valence-electron chi connectivity index (χ0n) is 21.5. The molecule has 0 spiro atoms. The Morgan fingerprint density at radius 2 is 1.76 bits per heavy atom. The minimum Gasteiger partial charge on any atom is -0.465 e. The Bertz CT molecular complexity index is 1450. The highest BCUT2D eigenvalue weighted by molar-refractivity contribution is 7.88. The number of anilines is 1. The average molecular weight is 535 g/mol. The van der Waals surface area contributed by atoms with Crippen LogP contribution in [0.3, 0.4) is 0 Å². The van der Waals surface area contributed by atoms with E-state index in [9.17, 15) is 18.0 Å². The van der Waals surface area contributed by atoms with Crippen molar-refractivity contribution in [3.8, 4) is 0 Å². The molecule has 1 heterocycles. The molecule has 0 saturated carbocycles. The first kappa shape index (κ1) is 27.2. The number of carbonyl (C=O) groups excluding carboxylic acids is 2. The van der Waals surface area contributed by atoms with Crippen molar-refractivity contribution >= 4 is 39.0 Å². The largest absolute Gasteiger partial charge is 0.465 e. The van der Waals surface area contributed by atoms with Crippen LogP contribution in [0, 0.1) is 0 Å². The first-order chi connectivity index (χ1) is 18.1. The molecule has 0 radical (unpaired) electrons. The second kappa shape index (κ2) is 11.7. The first-order valence-electron chi connectivity index (χ1n) is 12.0. The molecule has 0 aromatic heterocycles. The van der Waals surface area contributed by atoms with Crippen LogP contribution in [0.4, 0.5) is 11.4 Å². The van der Waals surface area contributed by atoms with Crippen LogP contribution in [0.15, 0.2) is 77.8 Å². The number of hydrogen-bond donors (Lipinski definition) is 2. The van der Waals surface area contributed by atoms with Gasteiger partial charge in [-0.05, 0) is 48.0 Å². The van der Waals surface area contributed by atoms with Gasteiger partial charge in [-0.3, -0.25) is 9.79 Å². The second-order valence-electron chi connectivity index (χ2n) is 9.15. The normalized spacial score (nSPS) is 15.3. The molecule has 0 bridgehead atoms. The fourth-order valence-electron chi connectivity index (χ4n) is 4.31. The van der Waals surface area contributed by atoms with E-state index in [1.54, 1.807) is 18.2 Å². The number of likely N-dealkylation sites (N-methyl/N-ethyl adjacent to an activating group) is 1. The van der Waals surface area contributed by atoms with Gasteiger partial charge in [-0.25, -0.2) is 17.9 Å². The number of benzene rings is 3. The molecule has 3 aromatic rings. The molecule has 1 atom stereocenters. The van der Waals surface area contributed by atoms with Gasteiger partial charge in [0.15, 0.2) is 0 Å². The van der Waals surface area contributed by atoms with Crippen molar-refractivity contribution in [1.82, 2.24) is 9.62 Å². The number of methoxy groups -OCH3 is 1. The number of hydrogen-bond acceptors (Lipinski definition) is 7. The van der Waals surface area contributed by atoms with Crippen LogP contribution >= 0.6 is 0 Å². The van der Waals surface area contributed by atoms with E-state index in [0.29, 0.717) is 42.3 Å². The van der Waals surface area contributed by atoms with Crippen LogP contribution in [0.2, 0.25) is 0 Å². The molecule has 2 N–H and O–H groups in total. The van der Waals surface area contributed by atoms with Crippen LogP contribution < -0.4 is 10.0 Å². The van der Waals surface area contributed by atoms with Crippen molar-refractivity contribution < 1.29 is 22.7 Å². The standard InChI is InChI=1S/C28H30N4O5S/c1-32(16-15-29-38(3,35)36)18-19-9-12-22(13-10-19)30-26(20-7-5-4-6-8-20)25-23-14-11-21(28(34)37-2)17-24(23)31-27(25)33/h4-14,17,25,29H,15-16,18H2,1-3H3,(H,31,33). The van der Waals surface area contributed by atoms with Gasteiger partial charge >= 0.3 is 5.97 Å². The SMILES string of the molecule is COC(=O)c1ccc2c(c1)NC(=O)C2C(=Nc1ccc(CN(C)CCNS(C)(=O)=O)cc1)c1ccccc1. The summed E-state index contributed by atoms with van der Waals surface area (Å²) in [5, 5.41) is 2.88. The van der Waals surface area contributed by atoms with Gasteiger partial charge in [-0.15, -0.1) is 0 Å². The monoisotopic (exact) mass is 534 g/mol. The molecular formula is C28H30N4O5S. The molecule has 0 fully saturated rings. The van der Waals surface area contributed by atoms with Crippen molar-refractivity contribution in [2.24, 2.45) is 4.99 Å². The van der Waals surface area contributed by atoms with Gasteiger partial charge in [-0.1, -0.05) is 48.5 Å². The summed E-state index contributed by atoms with van der Waals surface area (Å²) in [7, 11) is 0.0279. The van der Waals surface area contributed by atoms with Gasteiger partial charge in [0.05, 0.1) is 30.3 Å². The highest BCUT2D eigenvalue weighted by Crippen LogP contribution is 2.37. The molecule has 1 unspecified atom stereocenters. The minimum atomic E-state index is -3.21. The van der Waals surface area contributed by atoms with E-state index in [1.807, 2.05) is 66.5 Å². The van der Waals surface area contributed by atoms with E-state index < -0.39 is 21.9 Å². The smallest absolute Gasteiger partial charge is 0.337 e. The number of rotatable bonds is 10. The van der Waals surface area contributed by atoms with Crippen LogP contribution in [-0.4, -0.2) is 64.4 Å². The highest BCUT2D eigenvalue weighted by Gasteiger charge is 2.36. The van der Waals surface area contributed by atoms with Gasteiger partial charge in [0.2, 0.25) is 15.9 Å². The number of ether oxygens (including phenoxy) is 1. The van der Waals surface area contributed by atoms with Crippen LogP contribution in [-0.2, 0) is 26.1 Å². The van der Waals surface area contributed by atoms with Crippen molar-refractivity contribution in [1.29, 1.82) is 0 Å². The Balaban J connectivity index is 1.59. The third kappa shape index (κ3) is 6.71. The van der Waals surface area contributed by atoms with Crippen molar-refractivity contribution in [3.05, 3.63) is 95.1 Å². The number of nitrogens with one attached hydrogen (secondary N) is 2. The molecule has 1 amide bonds. The molecule has 1 aliphatic rings. The van der Waals surface area contributed by atoms with Gasteiger partial charge in [0, 0.05) is 25.3 Å². The number of sulfonamides is 1. The Morgan fingerprint density at radius 3 is 2.42 bits per heavy atom.